The molecular weight excluding hydrogens is 609 g/mol. The highest BCUT2D eigenvalue weighted by atomic mass is 19.1. The molecule has 13 heteroatoms. The zero-order valence-electron chi connectivity index (χ0n) is 27.4. The van der Waals surface area contributed by atoms with Gasteiger partial charge in [0.1, 0.15) is 35.2 Å². The Morgan fingerprint density at radius 2 is 1.96 bits per heavy atom. The first-order chi connectivity index (χ1) is 22.3. The van der Waals surface area contributed by atoms with Crippen molar-refractivity contribution in [3.05, 3.63) is 47.4 Å². The second kappa shape index (κ2) is 13.9. The third-order valence-electron chi connectivity index (χ3n) is 9.86. The second-order valence-electron chi connectivity index (χ2n) is 13.7. The average molecular weight is 656 g/mol. The Morgan fingerprint density at radius 1 is 1.17 bits per heavy atom. The van der Waals surface area contributed by atoms with Gasteiger partial charge in [-0.3, -0.25) is 19.3 Å². The highest BCUT2D eigenvalue weighted by Crippen LogP contribution is 2.45. The normalized spacial score (nSPS) is 30.4. The van der Waals surface area contributed by atoms with Gasteiger partial charge in [-0.15, -0.1) is 0 Å². The Labute approximate surface area is 274 Å². The number of rotatable bonds is 5. The lowest BCUT2D eigenvalue weighted by molar-refractivity contribution is -0.141. The maximum atomic E-state index is 14.6. The first kappa shape index (κ1) is 34.2. The van der Waals surface area contributed by atoms with Crippen LogP contribution in [0.25, 0.3) is 0 Å². The minimum Gasteiger partial charge on any atom is -0.444 e. The Balaban J connectivity index is 1.36. The number of carbonyl (C=O) groups is 5. The molecule has 1 saturated carbocycles. The molecule has 0 spiro atoms. The van der Waals surface area contributed by atoms with Crippen molar-refractivity contribution in [1.82, 2.24) is 20.4 Å². The zero-order chi connectivity index (χ0) is 33.9. The van der Waals surface area contributed by atoms with Crippen molar-refractivity contribution in [3.8, 4) is 0 Å². The molecular formula is C34H46FN5O7. The Hall–Kier alpha value is -4.16. The van der Waals surface area contributed by atoms with Gasteiger partial charge in [0.15, 0.2) is 0 Å². The molecule has 3 aliphatic heterocycles. The molecule has 5 amide bonds. The smallest absolute Gasteiger partial charge is 0.410 e. The average Bonchev–Trinajstić information content (AvgIpc) is 3.37. The van der Waals surface area contributed by atoms with E-state index in [9.17, 15) is 28.4 Å². The number of carbonyl (C=O) groups excluding carboxylic acids is 5. The summed E-state index contributed by atoms with van der Waals surface area (Å²) in [5, 5.41) is 5.53. The molecule has 0 bridgehead atoms. The van der Waals surface area contributed by atoms with E-state index in [1.54, 1.807) is 19.9 Å². The van der Waals surface area contributed by atoms with E-state index < -0.39 is 59.2 Å². The zero-order valence-corrected chi connectivity index (χ0v) is 27.4. The number of allylic oxidation sites excluding steroid dienone is 3. The van der Waals surface area contributed by atoms with Crippen LogP contribution in [0, 0.1) is 5.92 Å². The number of hydrogen-bond acceptors (Lipinski definition) is 7. The lowest BCUT2D eigenvalue weighted by Gasteiger charge is -2.30. The van der Waals surface area contributed by atoms with Crippen molar-refractivity contribution in [2.45, 2.75) is 108 Å². The molecule has 12 nitrogen and oxygen atoms in total. The molecule has 0 aromatic carbocycles. The van der Waals surface area contributed by atoms with Gasteiger partial charge in [0.25, 0.3) is 0 Å². The molecule has 47 heavy (non-hydrogen) atoms. The number of nitrogens with zero attached hydrogens (tertiary/aromatic N) is 2. The van der Waals surface area contributed by atoms with E-state index in [1.165, 1.54) is 15.9 Å². The fraction of sp³-hybridized carbons (Fsp3) is 0.618. The topological polar surface area (TPSA) is 160 Å². The van der Waals surface area contributed by atoms with Crippen molar-refractivity contribution < 1.29 is 37.8 Å². The number of alkyl carbamates (subject to hydrolysis) is 1. The standard InChI is InChI=1S/C34H46FN5O7/c1-4-33(2,3)47-31(44)37-26-15-9-7-5-6-8-13-22-17-34(22,30(36)43)38-28(41)27-16-23(19-40(27)29(26)42)46-32(45)39-18-21-12-10-11-14-25(35)24(21)20-39/h8,10,12-14,22-23,26-27H,4-7,9,11,15-20H2,1-3H3,(H2,36,43)(H,37,44)(H,38,41)/b13-8-/t22-,23-,26+,27?,34-/m1/s1. The summed E-state index contributed by atoms with van der Waals surface area (Å²) >= 11 is 0. The van der Waals surface area contributed by atoms with E-state index in [-0.39, 0.29) is 37.8 Å². The lowest BCUT2D eigenvalue weighted by atomic mass is 10.0. The summed E-state index contributed by atoms with van der Waals surface area (Å²) in [4.78, 5) is 69.5. The van der Waals surface area contributed by atoms with Crippen molar-refractivity contribution in [2.24, 2.45) is 11.7 Å². The first-order valence-corrected chi connectivity index (χ1v) is 16.6. The van der Waals surface area contributed by atoms with E-state index in [0.717, 1.165) is 19.3 Å². The van der Waals surface area contributed by atoms with E-state index in [4.69, 9.17) is 15.2 Å². The molecule has 2 fully saturated rings. The predicted octanol–water partition coefficient (Wildman–Crippen LogP) is 3.68. The van der Waals surface area contributed by atoms with Crippen molar-refractivity contribution in [2.75, 3.05) is 19.6 Å². The number of hydrogen-bond donors (Lipinski definition) is 3. The predicted molar refractivity (Wildman–Crippen MR) is 170 cm³/mol. The van der Waals surface area contributed by atoms with Gasteiger partial charge in [0.2, 0.25) is 17.7 Å². The van der Waals surface area contributed by atoms with Crippen LogP contribution in [0.1, 0.15) is 78.6 Å². The van der Waals surface area contributed by atoms with E-state index in [2.05, 4.69) is 10.6 Å². The van der Waals surface area contributed by atoms with Crippen LogP contribution in [0.2, 0.25) is 0 Å². The molecule has 1 unspecified atom stereocenters. The molecule has 0 aromatic rings. The van der Waals surface area contributed by atoms with Crippen LogP contribution in [0.5, 0.6) is 0 Å². The Kier molecular flexibility index (Phi) is 10.1. The third kappa shape index (κ3) is 7.70. The van der Waals surface area contributed by atoms with Crippen LogP contribution < -0.4 is 16.4 Å². The van der Waals surface area contributed by atoms with Gasteiger partial charge in [0.05, 0.1) is 13.1 Å². The molecule has 5 aliphatic rings. The van der Waals surface area contributed by atoms with Crippen molar-refractivity contribution in [1.29, 1.82) is 0 Å². The van der Waals surface area contributed by atoms with E-state index >= 15 is 0 Å². The van der Waals surface area contributed by atoms with Crippen LogP contribution in [-0.4, -0.2) is 88.7 Å². The second-order valence-corrected chi connectivity index (χ2v) is 13.7. The molecule has 256 valence electrons. The third-order valence-corrected chi connectivity index (χ3v) is 9.86. The number of primary amides is 1. The quantitative estimate of drug-likeness (QED) is 0.381. The summed E-state index contributed by atoms with van der Waals surface area (Å²) < 4.78 is 26.0. The minimum atomic E-state index is -1.27. The van der Waals surface area contributed by atoms with Crippen LogP contribution in [-0.2, 0) is 23.9 Å². The summed E-state index contributed by atoms with van der Waals surface area (Å²) in [6.07, 6.45) is 11.3. The monoisotopic (exact) mass is 655 g/mol. The van der Waals surface area contributed by atoms with E-state index in [0.29, 0.717) is 43.3 Å². The summed E-state index contributed by atoms with van der Waals surface area (Å²) in [6.45, 7) is 5.52. The van der Waals surface area contributed by atoms with Crippen LogP contribution in [0.15, 0.2) is 47.4 Å². The molecule has 1 saturated heterocycles. The van der Waals surface area contributed by atoms with Gasteiger partial charge >= 0.3 is 12.2 Å². The highest BCUT2D eigenvalue weighted by molar-refractivity contribution is 5.97. The summed E-state index contributed by atoms with van der Waals surface area (Å²) in [6, 6.07) is -2.10. The van der Waals surface area contributed by atoms with Gasteiger partial charge in [0, 0.05) is 24.5 Å². The fourth-order valence-electron chi connectivity index (χ4n) is 6.57. The number of nitrogens with one attached hydrogen (secondary N) is 2. The minimum absolute atomic E-state index is 0.0339. The highest BCUT2D eigenvalue weighted by Gasteiger charge is 2.60. The lowest BCUT2D eigenvalue weighted by Crippen LogP contribution is -2.57. The SMILES string of the molecule is CCC(C)(C)OC(=O)N[C@H]1CCCCC/C=C\[C@@H]2C[C@@]2(C(N)=O)NC(=O)C2C[C@@H](OC(=O)N3CC4=C(C3)C(F)=CCC=C4)CN2C1=O. The fourth-order valence-corrected chi connectivity index (χ4v) is 6.57. The molecule has 5 rings (SSSR count). The van der Waals surface area contributed by atoms with Crippen molar-refractivity contribution >= 4 is 29.9 Å². The molecule has 5 atom stereocenters. The number of ether oxygens (including phenoxy) is 2. The maximum absolute atomic E-state index is 14.6. The van der Waals surface area contributed by atoms with Crippen molar-refractivity contribution in [3.63, 3.8) is 0 Å². The molecule has 3 heterocycles. The van der Waals surface area contributed by atoms with Crippen LogP contribution in [0.3, 0.4) is 0 Å². The molecule has 0 aromatic heterocycles. The maximum Gasteiger partial charge on any atom is 0.410 e. The first-order valence-electron chi connectivity index (χ1n) is 16.6. The molecule has 0 radical (unpaired) electrons. The number of fused-ring (bicyclic) bond motifs is 2. The van der Waals surface area contributed by atoms with Crippen LogP contribution >= 0.6 is 0 Å². The summed E-state index contributed by atoms with van der Waals surface area (Å²) in [5.41, 5.74) is 4.86. The summed E-state index contributed by atoms with van der Waals surface area (Å²) in [7, 11) is 0. The van der Waals surface area contributed by atoms with E-state index in [1.807, 2.05) is 25.2 Å². The largest absolute Gasteiger partial charge is 0.444 e. The summed E-state index contributed by atoms with van der Waals surface area (Å²) in [5.74, 6) is -2.41. The number of amides is 5. The Bertz CT molecular complexity index is 1420. The molecule has 2 aliphatic carbocycles. The van der Waals surface area contributed by atoms with Gasteiger partial charge in [-0.2, -0.15) is 0 Å². The Morgan fingerprint density at radius 3 is 2.70 bits per heavy atom. The number of nitrogens with two attached hydrogens (primary N) is 1. The van der Waals surface area contributed by atoms with Crippen LogP contribution in [0.4, 0.5) is 14.0 Å². The molecule has 4 N–H and O–H groups in total. The van der Waals surface area contributed by atoms with Gasteiger partial charge in [-0.05, 0) is 64.0 Å². The van der Waals surface area contributed by atoms with Gasteiger partial charge in [-0.1, -0.05) is 44.1 Å². The van der Waals surface area contributed by atoms with Gasteiger partial charge in [-0.25, -0.2) is 14.0 Å². The van der Waals surface area contributed by atoms with Gasteiger partial charge < -0.3 is 30.7 Å². The number of halogens is 1.